The van der Waals surface area contributed by atoms with E-state index >= 15 is 0 Å². The van der Waals surface area contributed by atoms with Crippen molar-refractivity contribution in [1.29, 1.82) is 0 Å². The Labute approximate surface area is 215 Å². The van der Waals surface area contributed by atoms with Gasteiger partial charge in [0.2, 0.25) is 11.8 Å². The van der Waals surface area contributed by atoms with Gasteiger partial charge in [0.15, 0.2) is 0 Å². The zero-order chi connectivity index (χ0) is 26.4. The van der Waals surface area contributed by atoms with Gasteiger partial charge in [-0.15, -0.1) is 11.3 Å². The van der Waals surface area contributed by atoms with Gasteiger partial charge in [-0.3, -0.25) is 14.4 Å². The lowest BCUT2D eigenvalue weighted by molar-refractivity contribution is -0.139. The van der Waals surface area contributed by atoms with E-state index in [4.69, 9.17) is 0 Å². The molecule has 2 aliphatic heterocycles. The number of nitrogens with zero attached hydrogens (tertiary/aromatic N) is 3. The molecule has 0 bridgehead atoms. The Morgan fingerprint density at radius 3 is 2.50 bits per heavy atom. The molecule has 3 N–H and O–H groups in total. The molecule has 3 amide bonds. The number of thiazole rings is 1. The van der Waals surface area contributed by atoms with Gasteiger partial charge >= 0.3 is 0 Å². The Morgan fingerprint density at radius 1 is 1.28 bits per heavy atom. The van der Waals surface area contributed by atoms with E-state index in [1.54, 1.807) is 23.8 Å². The summed E-state index contributed by atoms with van der Waals surface area (Å²) in [4.78, 5) is 49.7. The van der Waals surface area contributed by atoms with Crippen molar-refractivity contribution in [3.05, 3.63) is 41.0 Å². The molecule has 2 aliphatic rings. The first-order chi connectivity index (χ1) is 16.8. The number of benzene rings is 1. The summed E-state index contributed by atoms with van der Waals surface area (Å²) in [6, 6.07) is 6.34. The average Bonchev–Trinajstić information content (AvgIpc) is 3.48. The molecule has 1 aromatic heterocycles. The predicted octanol–water partition coefficient (Wildman–Crippen LogP) is 2.37. The SMILES string of the molecule is CC(=O)NC(C(=O)N1CC(O)CC1C1=NC(=O)C(C)(c2ccc(-c3scnc3C)cc2)N1)C(C)(C)C. The topological polar surface area (TPSA) is 124 Å². The summed E-state index contributed by atoms with van der Waals surface area (Å²) < 4.78 is 0. The lowest BCUT2D eigenvalue weighted by Gasteiger charge is -2.36. The van der Waals surface area contributed by atoms with Crippen LogP contribution in [0.2, 0.25) is 0 Å². The zero-order valence-electron chi connectivity index (χ0n) is 21.5. The van der Waals surface area contributed by atoms with E-state index in [1.807, 2.05) is 52.0 Å². The number of β-amino-alcohol motifs (C(OH)–C–C–N with tert-alkyl or cyclic N) is 1. The highest BCUT2D eigenvalue weighted by Gasteiger charge is 2.49. The minimum atomic E-state index is -1.10. The number of aromatic nitrogens is 1. The zero-order valence-corrected chi connectivity index (χ0v) is 22.3. The summed E-state index contributed by atoms with van der Waals surface area (Å²) in [5.41, 5.74) is 2.89. The minimum absolute atomic E-state index is 0.101. The Morgan fingerprint density at radius 2 is 1.94 bits per heavy atom. The maximum Gasteiger partial charge on any atom is 0.277 e. The molecule has 4 atom stereocenters. The Bertz CT molecular complexity index is 1220. The van der Waals surface area contributed by atoms with Crippen LogP contribution in [0.25, 0.3) is 10.4 Å². The quantitative estimate of drug-likeness (QED) is 0.566. The third-order valence-electron chi connectivity index (χ3n) is 6.84. The second-order valence-corrected chi connectivity index (χ2v) is 11.6. The molecule has 0 saturated carbocycles. The lowest BCUT2D eigenvalue weighted by atomic mass is 9.85. The molecule has 9 nitrogen and oxygen atoms in total. The molecule has 1 saturated heterocycles. The van der Waals surface area contributed by atoms with Crippen LogP contribution in [0, 0.1) is 12.3 Å². The van der Waals surface area contributed by atoms with Crippen molar-refractivity contribution >= 4 is 34.9 Å². The Kier molecular flexibility index (Phi) is 6.78. The number of rotatable bonds is 5. The van der Waals surface area contributed by atoms with Crippen molar-refractivity contribution in [1.82, 2.24) is 20.5 Å². The highest BCUT2D eigenvalue weighted by atomic mass is 32.1. The van der Waals surface area contributed by atoms with Gasteiger partial charge in [-0.2, -0.15) is 4.99 Å². The van der Waals surface area contributed by atoms with Gasteiger partial charge in [0.25, 0.3) is 5.91 Å². The molecule has 4 rings (SSSR count). The third-order valence-corrected chi connectivity index (χ3v) is 7.81. The van der Waals surface area contributed by atoms with Crippen LogP contribution in [0.5, 0.6) is 0 Å². The summed E-state index contributed by atoms with van der Waals surface area (Å²) in [5.74, 6) is -0.628. The summed E-state index contributed by atoms with van der Waals surface area (Å²) in [6.45, 7) is 10.8. The van der Waals surface area contributed by atoms with Crippen LogP contribution < -0.4 is 10.6 Å². The summed E-state index contributed by atoms with van der Waals surface area (Å²) in [6.07, 6.45) is -0.508. The van der Waals surface area contributed by atoms with E-state index in [0.717, 1.165) is 21.7 Å². The van der Waals surface area contributed by atoms with Gasteiger partial charge < -0.3 is 20.6 Å². The molecule has 1 fully saturated rings. The highest BCUT2D eigenvalue weighted by Crippen LogP contribution is 2.34. The maximum atomic E-state index is 13.6. The molecule has 0 aliphatic carbocycles. The van der Waals surface area contributed by atoms with Gasteiger partial charge in [0.05, 0.1) is 28.2 Å². The van der Waals surface area contributed by atoms with Crippen molar-refractivity contribution < 1.29 is 19.5 Å². The monoisotopic (exact) mass is 511 g/mol. The number of aliphatic hydroxyl groups excluding tert-OH is 1. The normalized spacial score (nSPS) is 24.9. The number of hydrogen-bond donors (Lipinski definition) is 3. The van der Waals surface area contributed by atoms with Gasteiger partial charge in [0, 0.05) is 19.9 Å². The van der Waals surface area contributed by atoms with Crippen molar-refractivity contribution in [3.8, 4) is 10.4 Å². The number of carbonyl (C=O) groups excluding carboxylic acids is 3. The maximum absolute atomic E-state index is 13.6. The highest BCUT2D eigenvalue weighted by molar-refractivity contribution is 7.13. The van der Waals surface area contributed by atoms with Crippen LogP contribution in [0.3, 0.4) is 0 Å². The molecule has 36 heavy (non-hydrogen) atoms. The molecular formula is C26H33N5O4S. The van der Waals surface area contributed by atoms with E-state index < -0.39 is 29.1 Å². The van der Waals surface area contributed by atoms with Crippen LogP contribution >= 0.6 is 11.3 Å². The molecular weight excluding hydrogens is 478 g/mol. The first-order valence-corrected chi connectivity index (χ1v) is 12.9. The summed E-state index contributed by atoms with van der Waals surface area (Å²) in [7, 11) is 0. The standard InChI is InChI=1S/C26H33N5O4S/c1-14-20(36-13-27-14)16-7-9-17(10-8-16)26(6)24(35)29-22(30-26)19-11-18(33)12-31(19)23(34)21(25(3,4)5)28-15(2)32/h7-10,13,18-19,21,33H,11-12H2,1-6H3,(H,28,32)(H,29,30,35). The molecule has 1 aromatic carbocycles. The number of nitrogens with one attached hydrogen (secondary N) is 2. The predicted molar refractivity (Wildman–Crippen MR) is 138 cm³/mol. The Balaban J connectivity index is 1.58. The number of aryl methyl sites for hydroxylation is 1. The van der Waals surface area contributed by atoms with Gasteiger partial charge in [-0.25, -0.2) is 4.98 Å². The number of likely N-dealkylation sites (tertiary alicyclic amines) is 1. The molecule has 192 valence electrons. The van der Waals surface area contributed by atoms with E-state index in [0.29, 0.717) is 5.84 Å². The summed E-state index contributed by atoms with van der Waals surface area (Å²) >= 11 is 1.56. The molecule has 0 spiro atoms. The summed E-state index contributed by atoms with van der Waals surface area (Å²) in [5, 5.41) is 16.5. The molecule has 4 unspecified atom stereocenters. The second-order valence-electron chi connectivity index (χ2n) is 10.8. The first kappa shape index (κ1) is 26.0. The van der Waals surface area contributed by atoms with E-state index in [1.165, 1.54) is 11.8 Å². The number of amides is 3. The number of aliphatic hydroxyl groups is 1. The van der Waals surface area contributed by atoms with Crippen LogP contribution in [0.1, 0.15) is 52.3 Å². The molecule has 3 heterocycles. The van der Waals surface area contributed by atoms with Gasteiger partial charge in [-0.1, -0.05) is 45.0 Å². The molecule has 0 radical (unpaired) electrons. The molecule has 10 heteroatoms. The van der Waals surface area contributed by atoms with Gasteiger partial charge in [0.1, 0.15) is 17.4 Å². The average molecular weight is 512 g/mol. The minimum Gasteiger partial charge on any atom is -0.391 e. The number of aliphatic imine (C=N–C) groups is 1. The van der Waals surface area contributed by atoms with Crippen LogP contribution in [-0.4, -0.2) is 63.3 Å². The Hall–Kier alpha value is -3.11. The van der Waals surface area contributed by atoms with Crippen LogP contribution in [-0.2, 0) is 19.9 Å². The van der Waals surface area contributed by atoms with Gasteiger partial charge in [-0.05, 0) is 30.4 Å². The van der Waals surface area contributed by atoms with Crippen LogP contribution in [0.15, 0.2) is 34.8 Å². The number of carbonyl (C=O) groups is 3. The van der Waals surface area contributed by atoms with E-state index in [9.17, 15) is 19.5 Å². The largest absolute Gasteiger partial charge is 0.391 e. The second kappa shape index (κ2) is 9.40. The van der Waals surface area contributed by atoms with Crippen LogP contribution in [0.4, 0.5) is 0 Å². The van der Waals surface area contributed by atoms with Crippen molar-refractivity contribution in [2.24, 2.45) is 10.4 Å². The van der Waals surface area contributed by atoms with Crippen molar-refractivity contribution in [3.63, 3.8) is 0 Å². The van der Waals surface area contributed by atoms with Crippen molar-refractivity contribution in [2.75, 3.05) is 6.54 Å². The van der Waals surface area contributed by atoms with Crippen molar-refractivity contribution in [2.45, 2.75) is 71.7 Å². The van der Waals surface area contributed by atoms with E-state index in [2.05, 4.69) is 20.6 Å². The third kappa shape index (κ3) is 4.79. The number of hydrogen-bond acceptors (Lipinski definition) is 7. The fraction of sp³-hybridized carbons (Fsp3) is 0.500. The fourth-order valence-corrected chi connectivity index (χ4v) is 5.59. The fourth-order valence-electron chi connectivity index (χ4n) is 4.78. The van der Waals surface area contributed by atoms with E-state index in [-0.39, 0.29) is 30.7 Å². The first-order valence-electron chi connectivity index (χ1n) is 12.0. The lowest BCUT2D eigenvalue weighted by Crippen LogP contribution is -2.58. The number of amidine groups is 1. The molecule has 2 aromatic rings. The smallest absolute Gasteiger partial charge is 0.277 e.